The van der Waals surface area contributed by atoms with Gasteiger partial charge in [-0.05, 0) is 60.7 Å². The average Bonchev–Trinajstić information content (AvgIpc) is 2.91. The van der Waals surface area contributed by atoms with E-state index in [-0.39, 0.29) is 36.7 Å². The summed E-state index contributed by atoms with van der Waals surface area (Å²) >= 11 is 0. The lowest BCUT2D eigenvalue weighted by atomic mass is 9.98. The van der Waals surface area contributed by atoms with E-state index in [9.17, 15) is 18.3 Å². The maximum Gasteiger partial charge on any atom is 0.254 e. The van der Waals surface area contributed by atoms with Gasteiger partial charge in [0.2, 0.25) is 10.0 Å². The quantitative estimate of drug-likeness (QED) is 0.227. The molecule has 0 aliphatic rings. The number of ether oxygens (including phenoxy) is 1. The lowest BCUT2D eigenvalue weighted by Crippen LogP contribution is -2.56. The van der Waals surface area contributed by atoms with Crippen molar-refractivity contribution >= 4 is 15.9 Å². The number of methoxy groups -OCH3 is 1. The van der Waals surface area contributed by atoms with Gasteiger partial charge in [0, 0.05) is 32.9 Å². The number of amides is 1. The number of sulfonamides is 1. The van der Waals surface area contributed by atoms with E-state index < -0.39 is 21.7 Å². The topological polar surface area (TPSA) is 96.4 Å². The first kappa shape index (κ1) is 31.1. The first-order chi connectivity index (χ1) is 18.9. The highest BCUT2D eigenvalue weighted by atomic mass is 32.2. The van der Waals surface area contributed by atoms with Crippen molar-refractivity contribution in [2.75, 3.05) is 20.2 Å². The van der Waals surface area contributed by atoms with Crippen molar-refractivity contribution in [2.45, 2.75) is 58.1 Å². The normalized spacial score (nSPS) is 13.2. The van der Waals surface area contributed by atoms with Crippen LogP contribution in [0.1, 0.15) is 43.9 Å². The van der Waals surface area contributed by atoms with E-state index in [4.69, 9.17) is 9.57 Å². The average molecular weight is 569 g/mol. The zero-order chi connectivity index (χ0) is 29.5. The molecular weight excluding hydrogens is 528 g/mol. The van der Waals surface area contributed by atoms with Crippen LogP contribution < -0.4 is 9.57 Å². The van der Waals surface area contributed by atoms with Crippen LogP contribution in [-0.4, -0.2) is 54.7 Å². The Hall–Kier alpha value is -3.40. The summed E-state index contributed by atoms with van der Waals surface area (Å²) in [5.74, 6) is 0.529. The fourth-order valence-corrected chi connectivity index (χ4v) is 6.18. The number of hydrogen-bond acceptors (Lipinski definition) is 6. The van der Waals surface area contributed by atoms with E-state index in [0.717, 1.165) is 21.8 Å². The Morgan fingerprint density at radius 1 is 0.950 bits per heavy atom. The summed E-state index contributed by atoms with van der Waals surface area (Å²) in [7, 11) is -2.39. The molecule has 0 radical (unpaired) electrons. The first-order valence-corrected chi connectivity index (χ1v) is 14.8. The van der Waals surface area contributed by atoms with Gasteiger partial charge in [-0.15, -0.1) is 5.06 Å². The summed E-state index contributed by atoms with van der Waals surface area (Å²) in [5.41, 5.74) is 0.524. The molecule has 1 amide bonds. The SMILES string of the molecule is COc1ccc(S(=O)(=O)N(CCC(O)(Cc2ccccc2)N(Oc2c(C)cccc2C)C(C)=O)CC(C)C)cc1. The van der Waals surface area contributed by atoms with E-state index in [1.807, 2.05) is 76.2 Å². The van der Waals surface area contributed by atoms with Gasteiger partial charge in [0.15, 0.2) is 11.5 Å². The lowest BCUT2D eigenvalue weighted by molar-refractivity contribution is -0.237. The molecular formula is C31H40N2O6S. The van der Waals surface area contributed by atoms with Crippen molar-refractivity contribution < 1.29 is 27.9 Å². The largest absolute Gasteiger partial charge is 0.497 e. The van der Waals surface area contributed by atoms with Gasteiger partial charge in [-0.25, -0.2) is 8.42 Å². The van der Waals surface area contributed by atoms with Crippen LogP contribution in [0.15, 0.2) is 77.7 Å². The molecule has 216 valence electrons. The van der Waals surface area contributed by atoms with Gasteiger partial charge in [0.25, 0.3) is 5.91 Å². The fraction of sp³-hybridized carbons (Fsp3) is 0.387. The molecule has 0 fully saturated rings. The van der Waals surface area contributed by atoms with Gasteiger partial charge in [0.05, 0.1) is 12.0 Å². The van der Waals surface area contributed by atoms with Crippen molar-refractivity contribution in [1.29, 1.82) is 0 Å². The minimum absolute atomic E-state index is 0.0185. The van der Waals surface area contributed by atoms with Crippen LogP contribution in [0.25, 0.3) is 0 Å². The highest BCUT2D eigenvalue weighted by Gasteiger charge is 2.41. The first-order valence-electron chi connectivity index (χ1n) is 13.3. The molecule has 1 atom stereocenters. The predicted octanol–water partition coefficient (Wildman–Crippen LogP) is 5.12. The number of nitrogens with zero attached hydrogens (tertiary/aromatic N) is 2. The van der Waals surface area contributed by atoms with Gasteiger partial charge >= 0.3 is 0 Å². The zero-order valence-electron chi connectivity index (χ0n) is 24.1. The van der Waals surface area contributed by atoms with E-state index in [1.165, 1.54) is 30.5 Å². The Morgan fingerprint density at radius 2 is 1.55 bits per heavy atom. The molecule has 0 saturated heterocycles. The number of hydrogen-bond donors (Lipinski definition) is 1. The molecule has 3 aromatic carbocycles. The van der Waals surface area contributed by atoms with Gasteiger partial charge in [-0.3, -0.25) is 4.79 Å². The van der Waals surface area contributed by atoms with E-state index in [2.05, 4.69) is 0 Å². The standard InChI is InChI=1S/C31H40N2O6S/c1-23(2)22-32(40(36,37)29-17-15-28(38-6)16-18-29)20-19-31(35,21-27-13-8-7-9-14-27)33(26(5)34)39-30-24(3)11-10-12-25(30)4/h7-18,23,35H,19-22H2,1-6H3. The molecule has 0 aliphatic carbocycles. The Kier molecular flexibility index (Phi) is 10.4. The van der Waals surface area contributed by atoms with E-state index >= 15 is 0 Å². The highest BCUT2D eigenvalue weighted by Crippen LogP contribution is 2.31. The summed E-state index contributed by atoms with van der Waals surface area (Å²) in [6, 6.07) is 21.1. The van der Waals surface area contributed by atoms with Crippen LogP contribution in [0.4, 0.5) is 0 Å². The molecule has 40 heavy (non-hydrogen) atoms. The zero-order valence-corrected chi connectivity index (χ0v) is 24.9. The molecule has 0 saturated carbocycles. The second-order valence-corrected chi connectivity index (χ2v) is 12.4. The van der Waals surface area contributed by atoms with Crippen LogP contribution in [-0.2, 0) is 21.2 Å². The van der Waals surface area contributed by atoms with Gasteiger partial charge in [-0.2, -0.15) is 4.31 Å². The number of hydroxylamine groups is 2. The van der Waals surface area contributed by atoms with Crippen molar-refractivity contribution in [3.05, 3.63) is 89.5 Å². The van der Waals surface area contributed by atoms with Crippen LogP contribution in [0.2, 0.25) is 0 Å². The van der Waals surface area contributed by atoms with E-state index in [0.29, 0.717) is 11.5 Å². The monoisotopic (exact) mass is 568 g/mol. The Balaban J connectivity index is 2.01. The Labute approximate surface area is 238 Å². The van der Waals surface area contributed by atoms with Crippen molar-refractivity contribution in [1.82, 2.24) is 9.37 Å². The second-order valence-electron chi connectivity index (χ2n) is 10.5. The summed E-state index contributed by atoms with van der Waals surface area (Å²) < 4.78 is 34.0. The molecule has 3 rings (SSSR count). The number of aryl methyl sites for hydroxylation is 2. The number of carbonyl (C=O) groups excluding carboxylic acids is 1. The molecule has 0 bridgehead atoms. The van der Waals surface area contributed by atoms with Crippen LogP contribution in [0, 0.1) is 19.8 Å². The molecule has 0 heterocycles. The number of para-hydroxylation sites is 1. The second kappa shape index (κ2) is 13.3. The van der Waals surface area contributed by atoms with Gasteiger partial charge in [-0.1, -0.05) is 62.4 Å². The Bertz CT molecular complexity index is 1360. The van der Waals surface area contributed by atoms with E-state index in [1.54, 1.807) is 12.1 Å². The molecule has 9 heteroatoms. The smallest absolute Gasteiger partial charge is 0.254 e. The molecule has 8 nitrogen and oxygen atoms in total. The number of rotatable bonds is 13. The molecule has 1 unspecified atom stereocenters. The summed E-state index contributed by atoms with van der Waals surface area (Å²) in [6.07, 6.45) is -0.0506. The number of aliphatic hydroxyl groups is 1. The van der Waals surface area contributed by atoms with Crippen molar-refractivity contribution in [2.24, 2.45) is 5.92 Å². The predicted molar refractivity (Wildman–Crippen MR) is 155 cm³/mol. The van der Waals surface area contributed by atoms with Crippen LogP contribution in [0.3, 0.4) is 0 Å². The Morgan fingerprint density at radius 3 is 2.08 bits per heavy atom. The third-order valence-electron chi connectivity index (χ3n) is 6.61. The summed E-state index contributed by atoms with van der Waals surface area (Å²) in [5, 5.41) is 13.2. The lowest BCUT2D eigenvalue weighted by Gasteiger charge is -2.39. The molecule has 0 aromatic heterocycles. The highest BCUT2D eigenvalue weighted by molar-refractivity contribution is 7.89. The van der Waals surface area contributed by atoms with Crippen LogP contribution in [0.5, 0.6) is 11.5 Å². The van der Waals surface area contributed by atoms with Crippen molar-refractivity contribution in [3.8, 4) is 11.5 Å². The third-order valence-corrected chi connectivity index (χ3v) is 8.49. The fourth-order valence-electron chi connectivity index (χ4n) is 4.58. The maximum atomic E-state index is 13.7. The summed E-state index contributed by atoms with van der Waals surface area (Å²) in [6.45, 7) is 9.09. The van der Waals surface area contributed by atoms with Gasteiger partial charge < -0.3 is 14.7 Å². The minimum Gasteiger partial charge on any atom is -0.497 e. The van der Waals surface area contributed by atoms with Crippen LogP contribution >= 0.6 is 0 Å². The van der Waals surface area contributed by atoms with Gasteiger partial charge in [0.1, 0.15) is 5.75 Å². The molecule has 1 N–H and O–H groups in total. The molecule has 3 aromatic rings. The molecule has 0 spiro atoms. The molecule has 0 aliphatic heterocycles. The minimum atomic E-state index is -3.91. The van der Waals surface area contributed by atoms with Crippen molar-refractivity contribution in [3.63, 3.8) is 0 Å². The third kappa shape index (κ3) is 7.62. The summed E-state index contributed by atoms with van der Waals surface area (Å²) in [4.78, 5) is 19.3. The number of carbonyl (C=O) groups is 1. The number of benzene rings is 3. The maximum absolute atomic E-state index is 13.7.